The minimum Gasteiger partial charge on any atom is -0.354 e. The zero-order valence-electron chi connectivity index (χ0n) is 24.8. The summed E-state index contributed by atoms with van der Waals surface area (Å²) in [6.45, 7) is 0. The van der Waals surface area contributed by atoms with Crippen LogP contribution in [-0.2, 0) is 0 Å². The number of H-pyrrole nitrogens is 1. The second-order valence-corrected chi connectivity index (χ2v) is 12.0. The van der Waals surface area contributed by atoms with Crippen molar-refractivity contribution >= 4 is 65.3 Å². The summed E-state index contributed by atoms with van der Waals surface area (Å²) >= 11 is 0. The molecule has 46 heavy (non-hydrogen) atoms. The van der Waals surface area contributed by atoms with Crippen molar-refractivity contribution in [1.82, 2.24) is 19.5 Å². The average Bonchev–Trinajstić information content (AvgIpc) is 3.65. The molecule has 0 amide bonds. The molecule has 0 atom stereocenters. The van der Waals surface area contributed by atoms with Crippen LogP contribution in [0.3, 0.4) is 0 Å². The van der Waals surface area contributed by atoms with Gasteiger partial charge < -0.3 is 4.98 Å². The molecule has 1 N–H and O–H groups in total. The van der Waals surface area contributed by atoms with E-state index in [1.54, 1.807) is 0 Å². The van der Waals surface area contributed by atoms with Crippen molar-refractivity contribution in [3.05, 3.63) is 152 Å². The van der Waals surface area contributed by atoms with Gasteiger partial charge in [-0.3, -0.25) is 4.57 Å². The number of fused-ring (bicyclic) bond motifs is 8. The maximum absolute atomic E-state index is 5.28. The van der Waals surface area contributed by atoms with Gasteiger partial charge in [-0.2, -0.15) is 0 Å². The van der Waals surface area contributed by atoms with Gasteiger partial charge in [0.25, 0.3) is 0 Å². The third kappa shape index (κ3) is 3.74. The molecule has 0 aliphatic heterocycles. The lowest BCUT2D eigenvalue weighted by Crippen LogP contribution is -2.03. The van der Waals surface area contributed by atoms with Crippen LogP contribution in [0.2, 0.25) is 0 Å². The van der Waals surface area contributed by atoms with Crippen LogP contribution < -0.4 is 0 Å². The van der Waals surface area contributed by atoms with E-state index in [0.717, 1.165) is 44.2 Å². The SMILES string of the molecule is c1ccc(-c2nc(-n3c4ccc(-c5ccc6c(c5)[nH]c5ccccc56)cc4c4cc5ccccc5cc43)nc3ccccc23)cc1. The molecule has 0 aliphatic rings. The Hall–Kier alpha value is -6.26. The molecular formula is C42H26N4. The Balaban J connectivity index is 1.25. The van der Waals surface area contributed by atoms with E-state index in [1.807, 2.05) is 12.1 Å². The quantitative estimate of drug-likeness (QED) is 0.224. The number of para-hydroxylation sites is 2. The van der Waals surface area contributed by atoms with Crippen LogP contribution in [0.5, 0.6) is 0 Å². The first-order chi connectivity index (χ1) is 22.8. The van der Waals surface area contributed by atoms with Crippen molar-refractivity contribution in [2.45, 2.75) is 0 Å². The predicted octanol–water partition coefficient (Wildman–Crippen LogP) is 10.8. The van der Waals surface area contributed by atoms with E-state index in [9.17, 15) is 0 Å². The Labute approximate surface area is 264 Å². The Morgan fingerprint density at radius 2 is 1.09 bits per heavy atom. The van der Waals surface area contributed by atoms with Gasteiger partial charge in [-0.25, -0.2) is 9.97 Å². The molecule has 10 aromatic rings. The van der Waals surface area contributed by atoms with Crippen LogP contribution in [0.1, 0.15) is 0 Å². The van der Waals surface area contributed by atoms with Gasteiger partial charge >= 0.3 is 0 Å². The summed E-state index contributed by atoms with van der Waals surface area (Å²) in [7, 11) is 0. The predicted molar refractivity (Wildman–Crippen MR) is 192 cm³/mol. The average molecular weight is 587 g/mol. The lowest BCUT2D eigenvalue weighted by molar-refractivity contribution is 1.01. The van der Waals surface area contributed by atoms with E-state index in [2.05, 4.69) is 149 Å². The largest absolute Gasteiger partial charge is 0.354 e. The van der Waals surface area contributed by atoms with Gasteiger partial charge in [0, 0.05) is 43.5 Å². The van der Waals surface area contributed by atoms with Crippen LogP contribution in [-0.4, -0.2) is 19.5 Å². The highest BCUT2D eigenvalue weighted by molar-refractivity contribution is 6.15. The maximum Gasteiger partial charge on any atom is 0.235 e. The van der Waals surface area contributed by atoms with E-state index in [-0.39, 0.29) is 0 Å². The third-order valence-corrected chi connectivity index (χ3v) is 9.31. The summed E-state index contributed by atoms with van der Waals surface area (Å²) in [5.74, 6) is 0.667. The number of rotatable bonds is 3. The van der Waals surface area contributed by atoms with Gasteiger partial charge in [0.1, 0.15) is 0 Å². The van der Waals surface area contributed by atoms with E-state index < -0.39 is 0 Å². The normalized spacial score (nSPS) is 11.9. The summed E-state index contributed by atoms with van der Waals surface area (Å²) < 4.78 is 2.24. The van der Waals surface area contributed by atoms with E-state index in [0.29, 0.717) is 5.95 Å². The molecule has 0 unspecified atom stereocenters. The number of nitrogens with one attached hydrogen (secondary N) is 1. The molecule has 10 rings (SSSR count). The van der Waals surface area contributed by atoms with Crippen LogP contribution >= 0.6 is 0 Å². The van der Waals surface area contributed by atoms with Gasteiger partial charge in [0.2, 0.25) is 5.95 Å². The Kier molecular flexibility index (Phi) is 5.25. The highest BCUT2D eigenvalue weighted by Crippen LogP contribution is 2.38. The second kappa shape index (κ2) is 9.62. The summed E-state index contributed by atoms with van der Waals surface area (Å²) in [6, 6.07) is 53.8. The van der Waals surface area contributed by atoms with E-state index in [4.69, 9.17) is 9.97 Å². The molecule has 0 fully saturated rings. The first-order valence-corrected chi connectivity index (χ1v) is 15.6. The van der Waals surface area contributed by atoms with E-state index in [1.165, 1.54) is 43.4 Å². The monoisotopic (exact) mass is 586 g/mol. The zero-order chi connectivity index (χ0) is 30.2. The lowest BCUT2D eigenvalue weighted by Gasteiger charge is -2.12. The van der Waals surface area contributed by atoms with Gasteiger partial charge in [0.05, 0.1) is 22.2 Å². The van der Waals surface area contributed by atoms with Crippen LogP contribution in [0.25, 0.3) is 93.6 Å². The number of hydrogen-bond acceptors (Lipinski definition) is 2. The third-order valence-electron chi connectivity index (χ3n) is 9.31. The van der Waals surface area contributed by atoms with Crippen molar-refractivity contribution in [2.24, 2.45) is 0 Å². The number of aromatic nitrogens is 4. The summed E-state index contributed by atoms with van der Waals surface area (Å²) in [6.07, 6.45) is 0. The molecule has 0 saturated carbocycles. The Bertz CT molecular complexity index is 2810. The molecule has 3 heterocycles. The van der Waals surface area contributed by atoms with Crippen LogP contribution in [0.15, 0.2) is 152 Å². The van der Waals surface area contributed by atoms with Crippen LogP contribution in [0, 0.1) is 0 Å². The Morgan fingerprint density at radius 3 is 1.98 bits per heavy atom. The number of benzene rings is 7. The van der Waals surface area contributed by atoms with Crippen molar-refractivity contribution in [1.29, 1.82) is 0 Å². The molecular weight excluding hydrogens is 560 g/mol. The molecule has 4 nitrogen and oxygen atoms in total. The molecule has 0 spiro atoms. The van der Waals surface area contributed by atoms with Crippen molar-refractivity contribution in [3.8, 4) is 28.3 Å². The van der Waals surface area contributed by atoms with Gasteiger partial charge in [-0.1, -0.05) is 109 Å². The number of aromatic amines is 1. The fraction of sp³-hybridized carbons (Fsp3) is 0. The molecule has 214 valence electrons. The van der Waals surface area contributed by atoms with Crippen molar-refractivity contribution in [2.75, 3.05) is 0 Å². The molecule has 0 radical (unpaired) electrons. The molecule has 0 bridgehead atoms. The lowest BCUT2D eigenvalue weighted by atomic mass is 10.0. The van der Waals surface area contributed by atoms with Gasteiger partial charge in [-0.05, 0) is 64.4 Å². The minimum absolute atomic E-state index is 0.667. The minimum atomic E-state index is 0.667. The maximum atomic E-state index is 5.28. The molecule has 0 saturated heterocycles. The highest BCUT2D eigenvalue weighted by Gasteiger charge is 2.19. The van der Waals surface area contributed by atoms with E-state index >= 15 is 0 Å². The smallest absolute Gasteiger partial charge is 0.235 e. The summed E-state index contributed by atoms with van der Waals surface area (Å²) in [4.78, 5) is 14.1. The topological polar surface area (TPSA) is 46.5 Å². The second-order valence-electron chi connectivity index (χ2n) is 12.0. The van der Waals surface area contributed by atoms with Crippen LogP contribution in [0.4, 0.5) is 0 Å². The fourth-order valence-corrected chi connectivity index (χ4v) is 7.12. The first-order valence-electron chi connectivity index (χ1n) is 15.6. The highest BCUT2D eigenvalue weighted by atomic mass is 15.2. The zero-order valence-corrected chi connectivity index (χ0v) is 24.8. The Morgan fingerprint density at radius 1 is 0.413 bits per heavy atom. The fourth-order valence-electron chi connectivity index (χ4n) is 7.12. The number of hydrogen-bond donors (Lipinski definition) is 1. The van der Waals surface area contributed by atoms with Gasteiger partial charge in [0.15, 0.2) is 0 Å². The molecule has 3 aromatic heterocycles. The van der Waals surface area contributed by atoms with Crippen molar-refractivity contribution in [3.63, 3.8) is 0 Å². The summed E-state index contributed by atoms with van der Waals surface area (Å²) in [5.41, 5.74) is 9.74. The molecule has 4 heteroatoms. The molecule has 0 aliphatic carbocycles. The van der Waals surface area contributed by atoms with Gasteiger partial charge in [-0.15, -0.1) is 0 Å². The summed E-state index contributed by atoms with van der Waals surface area (Å²) in [5, 5.41) is 8.29. The van der Waals surface area contributed by atoms with Crippen molar-refractivity contribution < 1.29 is 0 Å². The number of nitrogens with zero attached hydrogens (tertiary/aromatic N) is 3. The molecule has 7 aromatic carbocycles. The standard InChI is InChI=1S/C42H26N4/c1-2-10-26(11-3-1)41-33-15-7-9-17-37(33)44-42(45-41)46-39-21-19-29(23-34(39)35-22-27-12-4-5-13-28(27)25-40(35)46)30-18-20-32-31-14-6-8-16-36(31)43-38(32)24-30/h1-25,43H. The first kappa shape index (κ1) is 25.1.